The molecular formula is C44H60ClK2N2O13+. The van der Waals surface area contributed by atoms with Crippen LogP contribution in [0.3, 0.4) is 0 Å². The zero-order chi connectivity index (χ0) is 41.9. The first-order valence-corrected chi connectivity index (χ1v) is 20.6. The largest absolute Gasteiger partial charge is 1.00 e. The van der Waals surface area contributed by atoms with Gasteiger partial charge in [0.25, 0.3) is 6.47 Å². The van der Waals surface area contributed by atoms with E-state index in [1.807, 2.05) is 24.3 Å². The minimum atomic E-state index is -0.594. The number of likely N-dealkylation sites (tertiary alicyclic amines) is 2. The Kier molecular flexibility index (Phi) is 21.1. The molecule has 0 saturated carbocycles. The third-order valence-corrected chi connectivity index (χ3v) is 13.7. The maximum atomic E-state index is 10.7. The van der Waals surface area contributed by atoms with Crippen LogP contribution in [0.15, 0.2) is 48.6 Å². The Morgan fingerprint density at radius 3 is 1.89 bits per heavy atom. The summed E-state index contributed by atoms with van der Waals surface area (Å²) < 4.78 is 37.9. The van der Waals surface area contributed by atoms with E-state index >= 15 is 0 Å². The number of halogens is 1. The maximum absolute atomic E-state index is 10.7. The number of aliphatic hydroxyl groups is 2. The Morgan fingerprint density at radius 1 is 0.855 bits per heavy atom. The van der Waals surface area contributed by atoms with E-state index in [4.69, 9.17) is 45.3 Å². The van der Waals surface area contributed by atoms with Crippen LogP contribution in [0.2, 0.25) is 0 Å². The Hall–Kier alpha value is -0.337. The molecule has 4 bridgehead atoms. The van der Waals surface area contributed by atoms with Crippen molar-refractivity contribution >= 4 is 18.1 Å². The number of nitrogens with zero attached hydrogens (tertiary/aromatic N) is 2. The van der Waals surface area contributed by atoms with Gasteiger partial charge >= 0.3 is 103 Å². The monoisotopic (exact) mass is 937 g/mol. The fourth-order valence-corrected chi connectivity index (χ4v) is 11.2. The van der Waals surface area contributed by atoms with Gasteiger partial charge in [-0.25, -0.2) is 0 Å². The van der Waals surface area contributed by atoms with Crippen molar-refractivity contribution in [2.24, 2.45) is 11.8 Å². The van der Waals surface area contributed by atoms with Crippen LogP contribution in [-0.2, 0) is 52.3 Å². The minimum Gasteiger partial charge on any atom is -1.00 e. The summed E-state index contributed by atoms with van der Waals surface area (Å²) in [5, 5.41) is 39.8. The number of phenols is 1. The Labute approximate surface area is 456 Å². The number of carbonyl (C=O) groups is 1. The number of hydrogen-bond acceptors (Lipinski definition) is 15. The SMILES string of the molecule is C.CN1CC[C@]23c4c5ccc(O)c4O[C@H]2[C@@H](O)C=CC3[C@H]1C5.COCCOCOc1ccc2c3c1O[C@H]1[C@@H](O)C=CC4[C@@H](C2)N(C)CC[C@@]341.O=CO[O-].[CH2+]OCCOCCl.[H-].[K+].[K+]. The molecule has 3 N–H and O–H groups in total. The summed E-state index contributed by atoms with van der Waals surface area (Å²) >= 11 is 5.14. The molecule has 2 aromatic carbocycles. The number of ether oxygens (including phenoxy) is 7. The topological polar surface area (TPSA) is 181 Å². The number of phenolic OH excluding ortho intramolecular Hbond substituents is 1. The average molecular weight is 939 g/mol. The van der Waals surface area contributed by atoms with E-state index in [-0.39, 0.29) is 160 Å². The average Bonchev–Trinajstić information content (AvgIpc) is 3.79. The molecule has 15 nitrogen and oxygen atoms in total. The standard InChI is InChI=1S/C21H27NO5.C17H19NO3.C4H8ClO2.CH2O3.CH4.2K.H/c1-22-8-7-21-14-4-5-16(23)20(21)27-19-17(26-12-25-10-9-24-2)6-3-13(18(19)21)11-15(14)22;1-18-7-6-17-10-3-5-13(20)16(17)21-15-12(19)4-2-9(14(15)17)8-11(10)18;1-6-2-3-7-4-5;2-1-4-3;;;;/h3-6,14-16,20,23H,7-12H2,1-2H3;2-5,10-11,13,16,19-20H,6-8H2,1H3;1-4H2;1,3H;1H4;;;/q;;+1;;;2*+1;-1/p-1/t14?,15-,16+,20+,21+;10?,11-,13+,16+,17+;;;;;;/m11....../s1. The number of carbonyl (C=O) groups excluding carboxylic acids is 1. The fraction of sp³-hybridized carbons (Fsp3) is 0.591. The molecule has 2 fully saturated rings. The summed E-state index contributed by atoms with van der Waals surface area (Å²) in [5.74, 6) is 3.07. The number of piperidine rings is 2. The van der Waals surface area contributed by atoms with Gasteiger partial charge in [-0.05, 0) is 76.1 Å². The van der Waals surface area contributed by atoms with Crippen molar-refractivity contribution in [2.45, 2.75) is 80.4 Å². The summed E-state index contributed by atoms with van der Waals surface area (Å²) in [6.45, 7) is 4.06. The molecule has 10 atom stereocenters. The number of likely N-dealkylation sites (N-methyl/N-ethyl adjacent to an activating group) is 2. The Morgan fingerprint density at radius 2 is 1.37 bits per heavy atom. The fourth-order valence-electron chi connectivity index (χ4n) is 11.1. The molecule has 0 amide bonds. The van der Waals surface area contributed by atoms with Gasteiger partial charge in [0.2, 0.25) is 7.11 Å². The molecule has 10 rings (SSSR count). The van der Waals surface area contributed by atoms with Crippen molar-refractivity contribution < 1.29 is 168 Å². The third-order valence-electron chi connectivity index (χ3n) is 13.5. The van der Waals surface area contributed by atoms with Crippen LogP contribution < -0.4 is 122 Å². The van der Waals surface area contributed by atoms with E-state index in [9.17, 15) is 15.3 Å². The molecule has 2 spiro atoms. The number of aromatic hydroxyl groups is 1. The van der Waals surface area contributed by atoms with Crippen molar-refractivity contribution in [3.05, 3.63) is 77.9 Å². The van der Waals surface area contributed by atoms with Crippen molar-refractivity contribution in [3.8, 4) is 23.0 Å². The number of alkyl halides is 1. The van der Waals surface area contributed by atoms with E-state index in [0.717, 1.165) is 44.5 Å². The third kappa shape index (κ3) is 9.95. The van der Waals surface area contributed by atoms with Gasteiger partial charge in [0.05, 0.1) is 19.8 Å². The summed E-state index contributed by atoms with van der Waals surface area (Å²) in [6, 6.07) is 9.06. The summed E-state index contributed by atoms with van der Waals surface area (Å²) in [5.41, 5.74) is 4.73. The molecule has 4 aliphatic heterocycles. The second-order valence-electron chi connectivity index (χ2n) is 16.1. The first-order chi connectivity index (χ1) is 28.6. The molecule has 62 heavy (non-hydrogen) atoms. The molecule has 8 aliphatic rings. The van der Waals surface area contributed by atoms with E-state index in [1.165, 1.54) is 22.3 Å². The van der Waals surface area contributed by atoms with Gasteiger partial charge in [0.1, 0.15) is 37.1 Å². The molecule has 4 heterocycles. The van der Waals surface area contributed by atoms with Crippen LogP contribution in [-0.4, -0.2) is 142 Å². The second kappa shape index (κ2) is 24.1. The van der Waals surface area contributed by atoms with E-state index in [0.29, 0.717) is 61.8 Å². The van der Waals surface area contributed by atoms with E-state index in [1.54, 1.807) is 13.2 Å². The molecular weight excluding hydrogens is 878 g/mol. The van der Waals surface area contributed by atoms with Crippen LogP contribution in [0.25, 0.3) is 0 Å². The van der Waals surface area contributed by atoms with Gasteiger partial charge < -0.3 is 65.1 Å². The van der Waals surface area contributed by atoms with Crippen molar-refractivity contribution in [3.63, 3.8) is 0 Å². The van der Waals surface area contributed by atoms with Gasteiger partial charge in [0.15, 0.2) is 29.8 Å². The molecule has 2 aromatic rings. The second-order valence-corrected chi connectivity index (χ2v) is 16.3. The van der Waals surface area contributed by atoms with Crippen LogP contribution in [0, 0.1) is 18.9 Å². The van der Waals surface area contributed by atoms with Gasteiger partial charge in [-0.2, -0.15) is 4.74 Å². The number of hydrogen-bond donors (Lipinski definition) is 3. The summed E-state index contributed by atoms with van der Waals surface area (Å²) in [6.07, 6.45) is 10.5. The van der Waals surface area contributed by atoms with Crippen LogP contribution in [0.5, 0.6) is 23.0 Å². The quantitative estimate of drug-likeness (QED) is 0.0237. The van der Waals surface area contributed by atoms with Gasteiger partial charge in [-0.15, -0.1) is 0 Å². The molecule has 332 valence electrons. The predicted molar refractivity (Wildman–Crippen MR) is 220 cm³/mol. The van der Waals surface area contributed by atoms with Crippen molar-refractivity contribution in [1.82, 2.24) is 9.80 Å². The van der Waals surface area contributed by atoms with Crippen LogP contribution >= 0.6 is 11.6 Å². The Bertz CT molecular complexity index is 1870. The van der Waals surface area contributed by atoms with Crippen molar-refractivity contribution in [1.29, 1.82) is 0 Å². The zero-order valence-corrected chi connectivity index (χ0v) is 42.7. The van der Waals surface area contributed by atoms with Gasteiger partial charge in [0, 0.05) is 53.0 Å². The zero-order valence-electron chi connectivity index (χ0n) is 36.7. The number of methoxy groups -OCH3 is 1. The molecule has 18 heteroatoms. The number of benzene rings is 2. The first kappa shape index (κ1) is 54.3. The molecule has 4 aliphatic carbocycles. The molecule has 2 saturated heterocycles. The number of rotatable bonds is 11. The Balaban J connectivity index is 0.000000262. The van der Waals surface area contributed by atoms with Gasteiger partial charge in [-0.3, -0.25) is 4.79 Å². The first-order valence-electron chi connectivity index (χ1n) is 20.0. The molecule has 2 unspecified atom stereocenters. The van der Waals surface area contributed by atoms with E-state index in [2.05, 4.69) is 63.6 Å². The van der Waals surface area contributed by atoms with Crippen molar-refractivity contribution in [2.75, 3.05) is 73.6 Å². The van der Waals surface area contributed by atoms with E-state index < -0.39 is 12.2 Å². The predicted octanol–water partition coefficient (Wildman–Crippen LogP) is -3.11. The van der Waals surface area contributed by atoms with Crippen LogP contribution in [0.1, 0.15) is 43.9 Å². The number of aliphatic hydroxyl groups excluding tert-OH is 2. The summed E-state index contributed by atoms with van der Waals surface area (Å²) in [4.78, 5) is 16.1. The van der Waals surface area contributed by atoms with Gasteiger partial charge in [-0.1, -0.05) is 55.5 Å². The smallest absolute Gasteiger partial charge is 1.00 e. The minimum absolute atomic E-state index is 0. The normalized spacial score (nSPS) is 31.3. The molecule has 0 radical (unpaired) electrons. The summed E-state index contributed by atoms with van der Waals surface area (Å²) in [7, 11) is 9.18. The van der Waals surface area contributed by atoms with Crippen LogP contribution in [0.4, 0.5) is 0 Å². The molecule has 0 aromatic heterocycles. The maximum Gasteiger partial charge on any atom is 1.00 e.